The molecule has 2 fully saturated rings. The van der Waals surface area contributed by atoms with E-state index in [2.05, 4.69) is 5.32 Å². The highest BCUT2D eigenvalue weighted by Crippen LogP contribution is 2.49. The number of hydrogen-bond donors (Lipinski definition) is 1. The Bertz CT molecular complexity index is 642. The number of carbonyl (C=O) groups excluding carboxylic acids is 1. The average Bonchev–Trinajstić information content (AvgIpc) is 3.16. The monoisotopic (exact) mass is 323 g/mol. The lowest BCUT2D eigenvalue weighted by Crippen LogP contribution is -2.46. The second-order valence-corrected chi connectivity index (χ2v) is 7.82. The van der Waals surface area contributed by atoms with Gasteiger partial charge in [0, 0.05) is 5.92 Å². The van der Waals surface area contributed by atoms with E-state index < -0.39 is 17.2 Å². The van der Waals surface area contributed by atoms with Crippen LogP contribution >= 0.6 is 0 Å². The Kier molecular flexibility index (Phi) is 3.75. The number of rotatable bonds is 3. The molecule has 1 aliphatic heterocycles. The van der Waals surface area contributed by atoms with Gasteiger partial charge in [0.05, 0.1) is 17.2 Å². The van der Waals surface area contributed by atoms with Gasteiger partial charge < -0.3 is 10.1 Å². The SMILES string of the molecule is CC1(C)C[C@H](NC(=O)[C@@H]2C[C@H]2c2cccc(F)c2F)C(C)(C)O1. The van der Waals surface area contributed by atoms with Crippen LogP contribution in [0, 0.1) is 17.6 Å². The molecular formula is C18H23F2NO2. The molecule has 0 aromatic heterocycles. The zero-order valence-corrected chi connectivity index (χ0v) is 14.0. The number of amides is 1. The van der Waals surface area contributed by atoms with Gasteiger partial charge in [-0.1, -0.05) is 12.1 Å². The van der Waals surface area contributed by atoms with Crippen LogP contribution in [0.3, 0.4) is 0 Å². The van der Waals surface area contributed by atoms with Crippen molar-refractivity contribution in [2.75, 3.05) is 0 Å². The Morgan fingerprint density at radius 1 is 1.26 bits per heavy atom. The first-order valence-electron chi connectivity index (χ1n) is 8.05. The van der Waals surface area contributed by atoms with Crippen molar-refractivity contribution in [1.29, 1.82) is 0 Å². The third-order valence-electron chi connectivity index (χ3n) is 4.90. The fraction of sp³-hybridized carbons (Fsp3) is 0.611. The Morgan fingerprint density at radius 3 is 2.57 bits per heavy atom. The first kappa shape index (κ1) is 16.4. The lowest BCUT2D eigenvalue weighted by atomic mass is 9.94. The summed E-state index contributed by atoms with van der Waals surface area (Å²) in [6, 6.07) is 4.06. The van der Waals surface area contributed by atoms with E-state index in [0.29, 0.717) is 12.0 Å². The normalized spacial score (nSPS) is 31.0. The van der Waals surface area contributed by atoms with Crippen LogP contribution in [0.4, 0.5) is 8.78 Å². The van der Waals surface area contributed by atoms with E-state index in [9.17, 15) is 13.6 Å². The molecule has 1 saturated heterocycles. The summed E-state index contributed by atoms with van der Waals surface area (Å²) in [6.45, 7) is 7.93. The van der Waals surface area contributed by atoms with Crippen LogP contribution in [0.2, 0.25) is 0 Å². The van der Waals surface area contributed by atoms with Gasteiger partial charge in [-0.25, -0.2) is 8.78 Å². The zero-order chi connectivity index (χ0) is 17.0. The number of carbonyl (C=O) groups is 1. The van der Waals surface area contributed by atoms with E-state index in [1.54, 1.807) is 6.07 Å². The molecule has 1 aliphatic carbocycles. The predicted octanol–water partition coefficient (Wildman–Crippen LogP) is 3.53. The van der Waals surface area contributed by atoms with Gasteiger partial charge in [0.15, 0.2) is 11.6 Å². The number of hydrogen-bond acceptors (Lipinski definition) is 2. The summed E-state index contributed by atoms with van der Waals surface area (Å²) in [6.07, 6.45) is 1.29. The Balaban J connectivity index is 1.66. The largest absolute Gasteiger partial charge is 0.367 e. The summed E-state index contributed by atoms with van der Waals surface area (Å²) < 4.78 is 33.1. The predicted molar refractivity (Wildman–Crippen MR) is 83.0 cm³/mol. The molecule has 3 nitrogen and oxygen atoms in total. The summed E-state index contributed by atoms with van der Waals surface area (Å²) in [4.78, 5) is 12.5. The quantitative estimate of drug-likeness (QED) is 0.924. The van der Waals surface area contributed by atoms with Crippen LogP contribution in [0.5, 0.6) is 0 Å². The van der Waals surface area contributed by atoms with Crippen molar-refractivity contribution in [2.45, 2.75) is 63.7 Å². The lowest BCUT2D eigenvalue weighted by molar-refractivity contribution is -0.125. The molecule has 1 aromatic carbocycles. The molecule has 3 rings (SSSR count). The highest BCUT2D eigenvalue weighted by atomic mass is 19.2. The average molecular weight is 323 g/mol. The van der Waals surface area contributed by atoms with Gasteiger partial charge in [-0.05, 0) is 58.1 Å². The van der Waals surface area contributed by atoms with Gasteiger partial charge in [0.1, 0.15) is 0 Å². The van der Waals surface area contributed by atoms with E-state index in [1.807, 2.05) is 27.7 Å². The molecule has 1 amide bonds. The van der Waals surface area contributed by atoms with Crippen molar-refractivity contribution >= 4 is 5.91 Å². The third-order valence-corrected chi connectivity index (χ3v) is 4.90. The van der Waals surface area contributed by atoms with Gasteiger partial charge in [-0.15, -0.1) is 0 Å². The number of halogens is 2. The molecule has 3 atom stereocenters. The summed E-state index contributed by atoms with van der Waals surface area (Å²) >= 11 is 0. The van der Waals surface area contributed by atoms with Crippen molar-refractivity contribution in [3.05, 3.63) is 35.4 Å². The van der Waals surface area contributed by atoms with E-state index in [0.717, 1.165) is 12.5 Å². The number of benzene rings is 1. The summed E-state index contributed by atoms with van der Waals surface area (Å²) in [7, 11) is 0. The van der Waals surface area contributed by atoms with Crippen LogP contribution in [0.25, 0.3) is 0 Å². The maximum Gasteiger partial charge on any atom is 0.224 e. The summed E-state index contributed by atoms with van der Waals surface area (Å²) in [5.41, 5.74) is -0.417. The van der Waals surface area contributed by atoms with E-state index in [1.165, 1.54) is 6.07 Å². The molecule has 1 aromatic rings. The van der Waals surface area contributed by atoms with E-state index in [-0.39, 0.29) is 29.4 Å². The molecule has 0 spiro atoms. The van der Waals surface area contributed by atoms with Gasteiger partial charge >= 0.3 is 0 Å². The Labute approximate surface area is 135 Å². The van der Waals surface area contributed by atoms with Gasteiger partial charge in [-0.2, -0.15) is 0 Å². The maximum absolute atomic E-state index is 13.8. The Morgan fingerprint density at radius 2 is 1.96 bits per heavy atom. The van der Waals surface area contributed by atoms with Gasteiger partial charge in [0.2, 0.25) is 5.91 Å². The maximum atomic E-state index is 13.8. The molecule has 126 valence electrons. The minimum Gasteiger partial charge on any atom is -0.367 e. The minimum atomic E-state index is -0.861. The van der Waals surface area contributed by atoms with Gasteiger partial charge in [-0.3, -0.25) is 4.79 Å². The molecule has 1 N–H and O–H groups in total. The smallest absolute Gasteiger partial charge is 0.224 e. The molecule has 1 saturated carbocycles. The summed E-state index contributed by atoms with van der Waals surface area (Å²) in [5.74, 6) is -2.31. The first-order valence-corrected chi connectivity index (χ1v) is 8.05. The van der Waals surface area contributed by atoms with Crippen LogP contribution in [-0.2, 0) is 9.53 Å². The standard InChI is InChI=1S/C18H23F2NO2/c1-17(2)9-14(18(3,4)23-17)21-16(22)12-8-11(12)10-6-5-7-13(19)15(10)20/h5-7,11-12,14H,8-9H2,1-4H3,(H,21,22)/t11-,12+,14-/m0/s1. The number of nitrogens with one attached hydrogen (secondary N) is 1. The van der Waals surface area contributed by atoms with Crippen LogP contribution in [0.1, 0.15) is 52.0 Å². The van der Waals surface area contributed by atoms with E-state index in [4.69, 9.17) is 4.74 Å². The molecule has 0 unspecified atom stereocenters. The first-order chi connectivity index (χ1) is 10.6. The Hall–Kier alpha value is -1.49. The molecule has 5 heteroatoms. The topological polar surface area (TPSA) is 38.3 Å². The zero-order valence-electron chi connectivity index (χ0n) is 14.0. The lowest BCUT2D eigenvalue weighted by Gasteiger charge is -2.27. The van der Waals surface area contributed by atoms with Crippen molar-refractivity contribution in [2.24, 2.45) is 5.92 Å². The second kappa shape index (κ2) is 5.26. The molecule has 2 aliphatic rings. The highest BCUT2D eigenvalue weighted by molar-refractivity contribution is 5.83. The van der Waals surface area contributed by atoms with Crippen molar-refractivity contribution < 1.29 is 18.3 Å². The minimum absolute atomic E-state index is 0.0800. The summed E-state index contributed by atoms with van der Waals surface area (Å²) in [5, 5.41) is 3.04. The fourth-order valence-electron chi connectivity index (χ4n) is 3.70. The molecular weight excluding hydrogens is 300 g/mol. The second-order valence-electron chi connectivity index (χ2n) is 7.82. The van der Waals surface area contributed by atoms with Crippen LogP contribution in [0.15, 0.2) is 18.2 Å². The third kappa shape index (κ3) is 3.11. The van der Waals surface area contributed by atoms with Crippen molar-refractivity contribution in [3.8, 4) is 0 Å². The van der Waals surface area contributed by atoms with Gasteiger partial charge in [0.25, 0.3) is 0 Å². The van der Waals surface area contributed by atoms with Crippen LogP contribution < -0.4 is 5.32 Å². The molecule has 0 radical (unpaired) electrons. The molecule has 0 bridgehead atoms. The van der Waals surface area contributed by atoms with Crippen LogP contribution in [-0.4, -0.2) is 23.2 Å². The number of ether oxygens (including phenoxy) is 1. The molecule has 23 heavy (non-hydrogen) atoms. The van der Waals surface area contributed by atoms with Crippen molar-refractivity contribution in [3.63, 3.8) is 0 Å². The fourth-order valence-corrected chi connectivity index (χ4v) is 3.70. The molecule has 1 heterocycles. The van der Waals surface area contributed by atoms with Crippen molar-refractivity contribution in [1.82, 2.24) is 5.32 Å². The highest BCUT2D eigenvalue weighted by Gasteiger charge is 2.50. The van der Waals surface area contributed by atoms with E-state index >= 15 is 0 Å².